The minimum atomic E-state index is -4.65. The highest BCUT2D eigenvalue weighted by Crippen LogP contribution is 2.38. The highest BCUT2D eigenvalue weighted by molar-refractivity contribution is 7.45. The standard InChI is InChI=1S/C58H96NO8P/c1-6-8-10-12-14-16-18-20-22-23-24-25-26-27-28-29-30-31-32-33-34-35-37-39-41-43-45-47-49-51-58(61)67-56(55-66-68(62,63)65-53-52-59(3,4)5)54-64-57(60)50-48-46-44-42-40-38-36-21-19-17-15-13-11-9-7-2/h8-11,14-17,20-22,24-25,27-28,30-31,36,40,42,56H,6-7,12-13,18-19,23,26,29,32-35,37-39,41,43-55H2,1-5H3/b10-8-,11-9-,16-14-,17-15-,22-20-,25-24-,28-27-,31-30-,36-21-,42-40-. The van der Waals surface area contributed by atoms with Gasteiger partial charge in [-0.3, -0.25) is 14.2 Å². The lowest BCUT2D eigenvalue weighted by Gasteiger charge is -2.28. The molecule has 9 nitrogen and oxygen atoms in total. The van der Waals surface area contributed by atoms with Gasteiger partial charge in [-0.1, -0.05) is 187 Å². The van der Waals surface area contributed by atoms with Crippen LogP contribution in [0.15, 0.2) is 122 Å². The fourth-order valence-electron chi connectivity index (χ4n) is 6.47. The molecule has 0 aromatic heterocycles. The summed E-state index contributed by atoms with van der Waals surface area (Å²) in [5, 5.41) is 0. The van der Waals surface area contributed by atoms with Gasteiger partial charge in [-0.05, 0) is 103 Å². The highest BCUT2D eigenvalue weighted by Gasteiger charge is 2.21. The first kappa shape index (κ1) is 64.4. The molecule has 0 spiro atoms. The van der Waals surface area contributed by atoms with Crippen LogP contribution in [0, 0.1) is 0 Å². The van der Waals surface area contributed by atoms with E-state index in [9.17, 15) is 19.0 Å². The van der Waals surface area contributed by atoms with E-state index in [1.165, 1.54) is 38.5 Å². The highest BCUT2D eigenvalue weighted by atomic mass is 31.2. The fraction of sp³-hybridized carbons (Fsp3) is 0.621. The van der Waals surface area contributed by atoms with Gasteiger partial charge in [-0.2, -0.15) is 0 Å². The van der Waals surface area contributed by atoms with Crippen LogP contribution in [0.2, 0.25) is 0 Å². The van der Waals surface area contributed by atoms with Gasteiger partial charge in [0.2, 0.25) is 0 Å². The minimum Gasteiger partial charge on any atom is -0.756 e. The van der Waals surface area contributed by atoms with Crippen LogP contribution in [0.3, 0.4) is 0 Å². The summed E-state index contributed by atoms with van der Waals surface area (Å²) in [5.74, 6) is -0.898. The SMILES string of the molecule is CC/C=C\C/C=C\C/C=C\C/C=C\C/C=C\C/C=C\CCCCCCCCCCCCC(=O)OC(COC(=O)CCCC/C=C\C/C=C\C/C=C\C/C=C\CC)COP(=O)([O-])OCC[N+](C)(C)C. The smallest absolute Gasteiger partial charge is 0.306 e. The van der Waals surface area contributed by atoms with E-state index in [1.54, 1.807) is 0 Å². The molecule has 0 heterocycles. The lowest BCUT2D eigenvalue weighted by molar-refractivity contribution is -0.870. The second-order valence-corrected chi connectivity index (χ2v) is 19.5. The van der Waals surface area contributed by atoms with E-state index >= 15 is 0 Å². The fourth-order valence-corrected chi connectivity index (χ4v) is 7.20. The van der Waals surface area contributed by atoms with Crippen LogP contribution in [0.1, 0.15) is 181 Å². The molecule has 0 fully saturated rings. The van der Waals surface area contributed by atoms with E-state index in [2.05, 4.69) is 135 Å². The van der Waals surface area contributed by atoms with E-state index in [0.29, 0.717) is 23.9 Å². The summed E-state index contributed by atoms with van der Waals surface area (Å²) >= 11 is 0. The first-order valence-electron chi connectivity index (χ1n) is 26.2. The van der Waals surface area contributed by atoms with Crippen molar-refractivity contribution in [2.75, 3.05) is 47.5 Å². The Bertz CT molecular complexity index is 1560. The van der Waals surface area contributed by atoms with Crippen molar-refractivity contribution >= 4 is 19.8 Å². The maximum Gasteiger partial charge on any atom is 0.306 e. The Hall–Kier alpha value is -3.59. The summed E-state index contributed by atoms with van der Waals surface area (Å²) < 4.78 is 34.0. The van der Waals surface area contributed by atoms with Crippen molar-refractivity contribution in [1.29, 1.82) is 0 Å². The molecule has 0 saturated carbocycles. The number of likely N-dealkylation sites (N-methyl/N-ethyl adjacent to an activating group) is 1. The molecule has 0 saturated heterocycles. The van der Waals surface area contributed by atoms with E-state index < -0.39 is 32.5 Å². The molecule has 68 heavy (non-hydrogen) atoms. The molecular weight excluding hydrogens is 870 g/mol. The summed E-state index contributed by atoms with van der Waals surface area (Å²) in [4.78, 5) is 37.7. The van der Waals surface area contributed by atoms with Gasteiger partial charge < -0.3 is 27.9 Å². The number of allylic oxidation sites excluding steroid dienone is 20. The van der Waals surface area contributed by atoms with E-state index in [-0.39, 0.29) is 26.1 Å². The van der Waals surface area contributed by atoms with Gasteiger partial charge in [0.15, 0.2) is 6.10 Å². The zero-order chi connectivity index (χ0) is 49.9. The molecule has 0 aliphatic rings. The molecule has 0 aromatic rings. The van der Waals surface area contributed by atoms with E-state index in [1.807, 2.05) is 21.1 Å². The molecule has 2 atom stereocenters. The average Bonchev–Trinajstić information content (AvgIpc) is 3.30. The van der Waals surface area contributed by atoms with Gasteiger partial charge >= 0.3 is 11.9 Å². The first-order valence-corrected chi connectivity index (χ1v) is 27.7. The van der Waals surface area contributed by atoms with Crippen molar-refractivity contribution in [2.24, 2.45) is 0 Å². The molecule has 2 unspecified atom stereocenters. The second-order valence-electron chi connectivity index (χ2n) is 18.1. The third-order valence-corrected chi connectivity index (χ3v) is 11.4. The number of phosphoric acid groups is 1. The monoisotopic (exact) mass is 966 g/mol. The number of ether oxygens (including phenoxy) is 2. The lowest BCUT2D eigenvalue weighted by atomic mass is 10.0. The summed E-state index contributed by atoms with van der Waals surface area (Å²) in [7, 11) is 1.12. The minimum absolute atomic E-state index is 0.0453. The number of esters is 2. The Balaban J connectivity index is 4.26. The molecule has 0 aliphatic heterocycles. The Morgan fingerprint density at radius 2 is 0.794 bits per heavy atom. The third-order valence-electron chi connectivity index (χ3n) is 10.5. The number of nitrogens with zero attached hydrogens (tertiary/aromatic N) is 1. The van der Waals surface area contributed by atoms with E-state index in [0.717, 1.165) is 103 Å². The van der Waals surface area contributed by atoms with Crippen molar-refractivity contribution < 1.29 is 42.1 Å². The van der Waals surface area contributed by atoms with Crippen LogP contribution in [-0.2, 0) is 32.7 Å². The molecule has 0 rings (SSSR count). The number of rotatable bonds is 46. The number of unbranched alkanes of at least 4 members (excludes halogenated alkanes) is 12. The summed E-state index contributed by atoms with van der Waals surface area (Å²) in [5.41, 5.74) is 0. The molecule has 0 bridgehead atoms. The van der Waals surface area contributed by atoms with Crippen molar-refractivity contribution in [3.05, 3.63) is 122 Å². The van der Waals surface area contributed by atoms with Crippen LogP contribution in [0.25, 0.3) is 0 Å². The number of hydrogen-bond donors (Lipinski definition) is 0. The summed E-state index contributed by atoms with van der Waals surface area (Å²) in [6, 6.07) is 0. The van der Waals surface area contributed by atoms with Crippen LogP contribution in [0.5, 0.6) is 0 Å². The molecule has 0 aromatic carbocycles. The Kier molecular flexibility index (Phi) is 45.9. The Morgan fingerprint density at radius 3 is 1.21 bits per heavy atom. The third kappa shape index (κ3) is 51.8. The first-order chi connectivity index (χ1) is 33.0. The summed E-state index contributed by atoms with van der Waals surface area (Å²) in [6.07, 6.45) is 68.1. The van der Waals surface area contributed by atoms with Gasteiger partial charge in [0.05, 0.1) is 27.7 Å². The molecule has 10 heteroatoms. The predicted octanol–water partition coefficient (Wildman–Crippen LogP) is 15.4. The Labute approximate surface area is 416 Å². The zero-order valence-electron chi connectivity index (χ0n) is 43.5. The maximum atomic E-state index is 12.8. The predicted molar refractivity (Wildman–Crippen MR) is 286 cm³/mol. The van der Waals surface area contributed by atoms with Gasteiger partial charge in [0.1, 0.15) is 19.8 Å². The van der Waals surface area contributed by atoms with Crippen molar-refractivity contribution in [3.8, 4) is 0 Å². The topological polar surface area (TPSA) is 111 Å². The molecule has 0 radical (unpaired) electrons. The molecule has 386 valence electrons. The van der Waals surface area contributed by atoms with Gasteiger partial charge in [-0.25, -0.2) is 0 Å². The van der Waals surface area contributed by atoms with Gasteiger partial charge in [0, 0.05) is 12.8 Å². The molecule has 0 aliphatic carbocycles. The number of carbonyl (C=O) groups excluding carboxylic acids is 2. The number of quaternary nitrogens is 1. The van der Waals surface area contributed by atoms with Crippen molar-refractivity contribution in [3.63, 3.8) is 0 Å². The maximum absolute atomic E-state index is 12.8. The zero-order valence-corrected chi connectivity index (χ0v) is 44.4. The van der Waals surface area contributed by atoms with Gasteiger partial charge in [-0.15, -0.1) is 0 Å². The largest absolute Gasteiger partial charge is 0.756 e. The lowest BCUT2D eigenvalue weighted by Crippen LogP contribution is -2.37. The number of carbonyl (C=O) groups is 2. The Morgan fingerprint density at radius 1 is 0.456 bits per heavy atom. The molecule has 0 N–H and O–H groups in total. The van der Waals surface area contributed by atoms with Crippen LogP contribution < -0.4 is 4.89 Å². The second kappa shape index (κ2) is 48.4. The quantitative estimate of drug-likeness (QED) is 0.0195. The normalized spacial score (nSPS) is 14.4. The van der Waals surface area contributed by atoms with E-state index in [4.69, 9.17) is 18.5 Å². The van der Waals surface area contributed by atoms with Crippen LogP contribution >= 0.6 is 7.82 Å². The van der Waals surface area contributed by atoms with Crippen molar-refractivity contribution in [1.82, 2.24) is 0 Å². The number of hydrogen-bond acceptors (Lipinski definition) is 8. The van der Waals surface area contributed by atoms with Crippen molar-refractivity contribution in [2.45, 2.75) is 187 Å². The van der Waals surface area contributed by atoms with Crippen LogP contribution in [-0.4, -0.2) is 70.0 Å². The molecule has 0 amide bonds. The molecular formula is C58H96NO8P. The van der Waals surface area contributed by atoms with Crippen LogP contribution in [0.4, 0.5) is 0 Å². The van der Waals surface area contributed by atoms with Gasteiger partial charge in [0.25, 0.3) is 7.82 Å². The summed E-state index contributed by atoms with van der Waals surface area (Å²) in [6.45, 7) is 3.93. The number of phosphoric ester groups is 1. The average molecular weight is 966 g/mol.